The predicted octanol–water partition coefficient (Wildman–Crippen LogP) is 6.71. The lowest BCUT2D eigenvalue weighted by Gasteiger charge is -2.40. The van der Waals surface area contributed by atoms with Crippen LogP contribution in [0, 0.1) is 24.7 Å². The Labute approximate surface area is 134 Å². The molecule has 19 heavy (non-hydrogen) atoms. The molecule has 2 fully saturated rings. The standard InChI is InChI=1S/C16H22BrClS/c1-10-14(17)9-15(19-10)16(18)13-7-6-11-4-2-3-5-12(11)8-13/h9,11-13,16H,2-8H2,1H3. The minimum absolute atomic E-state index is 0.234. The highest BCUT2D eigenvalue weighted by molar-refractivity contribution is 9.10. The maximum absolute atomic E-state index is 6.79. The number of rotatable bonds is 2. The van der Waals surface area contributed by atoms with Gasteiger partial charge in [0.05, 0.1) is 5.38 Å². The van der Waals surface area contributed by atoms with E-state index in [2.05, 4.69) is 28.9 Å². The van der Waals surface area contributed by atoms with Crippen LogP contribution in [0.3, 0.4) is 0 Å². The van der Waals surface area contributed by atoms with Gasteiger partial charge in [0.25, 0.3) is 0 Å². The van der Waals surface area contributed by atoms with Crippen molar-refractivity contribution in [1.82, 2.24) is 0 Å². The summed E-state index contributed by atoms with van der Waals surface area (Å²) in [4.78, 5) is 2.72. The first-order valence-electron chi connectivity index (χ1n) is 7.55. The minimum atomic E-state index is 0.234. The quantitative estimate of drug-likeness (QED) is 0.514. The van der Waals surface area contributed by atoms with Gasteiger partial charge in [-0.3, -0.25) is 0 Å². The molecular formula is C16H22BrClS. The highest BCUT2D eigenvalue weighted by atomic mass is 79.9. The van der Waals surface area contributed by atoms with Crippen LogP contribution in [-0.4, -0.2) is 0 Å². The first-order valence-corrected chi connectivity index (χ1v) is 9.59. The monoisotopic (exact) mass is 360 g/mol. The number of alkyl halides is 1. The van der Waals surface area contributed by atoms with Gasteiger partial charge in [0, 0.05) is 14.2 Å². The number of hydrogen-bond acceptors (Lipinski definition) is 1. The van der Waals surface area contributed by atoms with Crippen molar-refractivity contribution in [3.63, 3.8) is 0 Å². The van der Waals surface area contributed by atoms with Crippen molar-refractivity contribution in [3.8, 4) is 0 Å². The van der Waals surface area contributed by atoms with Crippen molar-refractivity contribution in [3.05, 3.63) is 20.3 Å². The summed E-state index contributed by atoms with van der Waals surface area (Å²) in [5.41, 5.74) is 0. The second-order valence-electron chi connectivity index (χ2n) is 6.33. The zero-order chi connectivity index (χ0) is 13.4. The number of fused-ring (bicyclic) bond motifs is 1. The van der Waals surface area contributed by atoms with Crippen LogP contribution in [-0.2, 0) is 0 Å². The van der Waals surface area contributed by atoms with Gasteiger partial charge < -0.3 is 0 Å². The van der Waals surface area contributed by atoms with Crippen LogP contribution in [0.5, 0.6) is 0 Å². The van der Waals surface area contributed by atoms with Gasteiger partial charge in [-0.25, -0.2) is 0 Å². The maximum atomic E-state index is 6.79. The van der Waals surface area contributed by atoms with E-state index < -0.39 is 0 Å². The van der Waals surface area contributed by atoms with E-state index in [4.69, 9.17) is 11.6 Å². The Kier molecular flexibility index (Phi) is 4.60. The molecule has 0 aliphatic heterocycles. The summed E-state index contributed by atoms with van der Waals surface area (Å²) in [7, 11) is 0. The third-order valence-corrected chi connectivity index (χ3v) is 8.08. The average Bonchev–Trinajstić information content (AvgIpc) is 2.77. The van der Waals surface area contributed by atoms with Gasteiger partial charge in [-0.15, -0.1) is 22.9 Å². The Bertz CT molecular complexity index is 422. The zero-order valence-electron chi connectivity index (χ0n) is 11.5. The van der Waals surface area contributed by atoms with E-state index in [1.165, 1.54) is 59.2 Å². The molecule has 4 unspecified atom stereocenters. The van der Waals surface area contributed by atoms with Crippen molar-refractivity contribution in [2.24, 2.45) is 17.8 Å². The van der Waals surface area contributed by atoms with E-state index >= 15 is 0 Å². The first kappa shape index (κ1) is 14.4. The Morgan fingerprint density at radius 3 is 2.63 bits per heavy atom. The summed E-state index contributed by atoms with van der Waals surface area (Å²) in [6.45, 7) is 2.17. The lowest BCUT2D eigenvalue weighted by atomic mass is 9.67. The van der Waals surface area contributed by atoms with E-state index in [9.17, 15) is 0 Å². The van der Waals surface area contributed by atoms with E-state index in [1.807, 2.05) is 11.3 Å². The molecular weight excluding hydrogens is 340 g/mol. The van der Waals surface area contributed by atoms with Gasteiger partial charge in [-0.05, 0) is 65.9 Å². The SMILES string of the molecule is Cc1sc(C(Cl)C2CCC3CCCCC3C2)cc1Br. The number of aryl methyl sites for hydroxylation is 1. The Hall–Kier alpha value is 0.470. The predicted molar refractivity (Wildman–Crippen MR) is 88.1 cm³/mol. The van der Waals surface area contributed by atoms with Crippen molar-refractivity contribution in [2.45, 2.75) is 57.2 Å². The fourth-order valence-electron chi connectivity index (χ4n) is 4.03. The van der Waals surface area contributed by atoms with Gasteiger partial charge >= 0.3 is 0 Å². The molecule has 4 atom stereocenters. The topological polar surface area (TPSA) is 0 Å². The largest absolute Gasteiger partial charge is 0.143 e. The normalized spacial score (nSPS) is 32.9. The van der Waals surface area contributed by atoms with Gasteiger partial charge in [0.15, 0.2) is 0 Å². The maximum Gasteiger partial charge on any atom is 0.0707 e. The zero-order valence-corrected chi connectivity index (χ0v) is 14.7. The Morgan fingerprint density at radius 2 is 1.95 bits per heavy atom. The summed E-state index contributed by atoms with van der Waals surface area (Å²) in [5.74, 6) is 2.69. The molecule has 106 valence electrons. The molecule has 0 amide bonds. The Balaban J connectivity index is 1.68. The highest BCUT2D eigenvalue weighted by Crippen LogP contribution is 2.49. The van der Waals surface area contributed by atoms with E-state index in [0.717, 1.165) is 11.8 Å². The van der Waals surface area contributed by atoms with Gasteiger partial charge in [0.1, 0.15) is 0 Å². The fourth-order valence-corrected chi connectivity index (χ4v) is 6.08. The molecule has 0 spiro atoms. The van der Waals surface area contributed by atoms with Crippen LogP contribution < -0.4 is 0 Å². The summed E-state index contributed by atoms with van der Waals surface area (Å²) in [6.07, 6.45) is 9.98. The average molecular weight is 362 g/mol. The van der Waals surface area contributed by atoms with Crippen molar-refractivity contribution < 1.29 is 0 Å². The highest BCUT2D eigenvalue weighted by Gasteiger charge is 2.35. The van der Waals surface area contributed by atoms with E-state index in [0.29, 0.717) is 5.92 Å². The Morgan fingerprint density at radius 1 is 1.21 bits per heavy atom. The molecule has 0 bridgehead atoms. The van der Waals surface area contributed by atoms with Crippen molar-refractivity contribution in [2.75, 3.05) is 0 Å². The van der Waals surface area contributed by atoms with E-state index in [-0.39, 0.29) is 5.38 Å². The second-order valence-corrected chi connectivity index (χ2v) is 8.94. The van der Waals surface area contributed by atoms with Gasteiger partial charge in [-0.1, -0.05) is 25.7 Å². The van der Waals surface area contributed by atoms with Gasteiger partial charge in [-0.2, -0.15) is 0 Å². The molecule has 3 rings (SSSR count). The van der Waals surface area contributed by atoms with Crippen LogP contribution >= 0.6 is 38.9 Å². The second kappa shape index (κ2) is 6.07. The van der Waals surface area contributed by atoms with E-state index in [1.54, 1.807) is 0 Å². The van der Waals surface area contributed by atoms with Gasteiger partial charge in [0.2, 0.25) is 0 Å². The van der Waals surface area contributed by atoms with Crippen LogP contribution in [0.4, 0.5) is 0 Å². The smallest absolute Gasteiger partial charge is 0.0707 e. The van der Waals surface area contributed by atoms with Crippen LogP contribution in [0.25, 0.3) is 0 Å². The summed E-state index contributed by atoms with van der Waals surface area (Å²) in [5, 5.41) is 0.234. The molecule has 0 nitrogen and oxygen atoms in total. The van der Waals surface area contributed by atoms with Crippen LogP contribution in [0.2, 0.25) is 0 Å². The summed E-state index contributed by atoms with van der Waals surface area (Å²) >= 11 is 12.3. The third-order valence-electron chi connectivity index (χ3n) is 5.14. The number of hydrogen-bond donors (Lipinski definition) is 0. The molecule has 1 aromatic heterocycles. The molecule has 1 heterocycles. The number of halogens is 2. The molecule has 1 aromatic rings. The summed E-state index contributed by atoms with van der Waals surface area (Å²) < 4.78 is 1.23. The lowest BCUT2D eigenvalue weighted by Crippen LogP contribution is -2.29. The molecule has 3 heteroatoms. The van der Waals surface area contributed by atoms with Crippen molar-refractivity contribution >= 4 is 38.9 Å². The molecule has 0 radical (unpaired) electrons. The molecule has 2 saturated carbocycles. The molecule has 0 saturated heterocycles. The first-order chi connectivity index (χ1) is 9.15. The van der Waals surface area contributed by atoms with Crippen LogP contribution in [0.1, 0.15) is 60.1 Å². The van der Waals surface area contributed by atoms with Crippen molar-refractivity contribution in [1.29, 1.82) is 0 Å². The molecule has 2 aliphatic carbocycles. The van der Waals surface area contributed by atoms with Crippen LogP contribution in [0.15, 0.2) is 10.5 Å². The fraction of sp³-hybridized carbons (Fsp3) is 0.750. The number of thiophene rings is 1. The minimum Gasteiger partial charge on any atom is -0.143 e. The molecule has 2 aliphatic rings. The third kappa shape index (κ3) is 3.06. The lowest BCUT2D eigenvalue weighted by molar-refractivity contribution is 0.128. The summed E-state index contributed by atoms with van der Waals surface area (Å²) in [6, 6.07) is 2.24. The molecule has 0 N–H and O–H groups in total. The molecule has 0 aromatic carbocycles.